The Labute approximate surface area is 130 Å². The number of aromatic nitrogens is 1. The zero-order valence-corrected chi connectivity index (χ0v) is 13.3. The minimum Gasteiger partial charge on any atom is -0.266 e. The van der Waals surface area contributed by atoms with Crippen molar-refractivity contribution < 1.29 is 12.8 Å². The van der Waals surface area contributed by atoms with Gasteiger partial charge in [0, 0.05) is 12.4 Å². The number of hydrogen-bond acceptors (Lipinski definition) is 3. The van der Waals surface area contributed by atoms with Crippen molar-refractivity contribution in [3.05, 3.63) is 60.2 Å². The third-order valence-electron chi connectivity index (χ3n) is 3.26. The molecule has 0 aliphatic heterocycles. The van der Waals surface area contributed by atoms with E-state index in [-0.39, 0.29) is 12.3 Å². The summed E-state index contributed by atoms with van der Waals surface area (Å²) in [6, 6.07) is 9.07. The molecule has 0 amide bonds. The molecule has 0 unspecified atom stereocenters. The van der Waals surface area contributed by atoms with Crippen LogP contribution in [0.5, 0.6) is 0 Å². The van der Waals surface area contributed by atoms with Crippen molar-refractivity contribution in [2.75, 3.05) is 10.1 Å². The lowest BCUT2D eigenvalue weighted by Gasteiger charge is -2.24. The van der Waals surface area contributed by atoms with Crippen molar-refractivity contribution in [1.82, 2.24) is 4.98 Å². The molecule has 0 N–H and O–H groups in total. The van der Waals surface area contributed by atoms with Gasteiger partial charge in [0.25, 0.3) is 0 Å². The third kappa shape index (κ3) is 4.27. The first-order chi connectivity index (χ1) is 10.5. The number of hydrogen-bond donors (Lipinski definition) is 0. The highest BCUT2D eigenvalue weighted by atomic mass is 32.2. The molecule has 1 heterocycles. The van der Waals surface area contributed by atoms with E-state index >= 15 is 0 Å². The number of pyridine rings is 1. The van der Waals surface area contributed by atoms with Crippen LogP contribution < -0.4 is 4.31 Å². The standard InChI is InChI=1S/C16H19FN2O2S/c1-2-3-11-22(20,21)19(13-14-5-4-10-18-12-14)16-8-6-15(17)7-9-16/h4-10,12H,2-3,11,13H2,1H3. The van der Waals surface area contributed by atoms with Gasteiger partial charge in [-0.2, -0.15) is 0 Å². The normalized spacial score (nSPS) is 11.4. The van der Waals surface area contributed by atoms with E-state index in [1.807, 2.05) is 13.0 Å². The highest BCUT2D eigenvalue weighted by Gasteiger charge is 2.22. The monoisotopic (exact) mass is 322 g/mol. The lowest BCUT2D eigenvalue weighted by atomic mass is 10.2. The molecule has 0 spiro atoms. The maximum atomic E-state index is 13.1. The molecule has 1 aromatic carbocycles. The number of nitrogens with zero attached hydrogens (tertiary/aromatic N) is 2. The van der Waals surface area contributed by atoms with E-state index in [0.717, 1.165) is 12.0 Å². The van der Waals surface area contributed by atoms with Crippen molar-refractivity contribution in [1.29, 1.82) is 0 Å². The minimum atomic E-state index is -3.47. The van der Waals surface area contributed by atoms with Crippen LogP contribution in [0, 0.1) is 5.82 Å². The fraction of sp³-hybridized carbons (Fsp3) is 0.312. The Bertz CT molecular complexity index is 688. The van der Waals surface area contributed by atoms with E-state index in [1.165, 1.54) is 28.6 Å². The van der Waals surface area contributed by atoms with Gasteiger partial charge in [0.2, 0.25) is 10.0 Å². The van der Waals surface area contributed by atoms with Crippen molar-refractivity contribution in [3.63, 3.8) is 0 Å². The van der Waals surface area contributed by atoms with Gasteiger partial charge in [-0.25, -0.2) is 12.8 Å². The summed E-state index contributed by atoms with van der Waals surface area (Å²) in [6.45, 7) is 2.13. The molecular formula is C16H19FN2O2S. The largest absolute Gasteiger partial charge is 0.266 e. The Morgan fingerprint density at radius 3 is 2.50 bits per heavy atom. The Balaban J connectivity index is 2.34. The molecule has 0 aliphatic carbocycles. The zero-order chi connectivity index (χ0) is 16.0. The molecule has 0 aliphatic rings. The second-order valence-electron chi connectivity index (χ2n) is 5.01. The van der Waals surface area contributed by atoms with Crippen LogP contribution in [0.1, 0.15) is 25.3 Å². The van der Waals surface area contributed by atoms with Crippen molar-refractivity contribution in [3.8, 4) is 0 Å². The Kier molecular flexibility index (Phi) is 5.49. The molecular weight excluding hydrogens is 303 g/mol. The van der Waals surface area contributed by atoms with Crippen LogP contribution >= 0.6 is 0 Å². The predicted octanol–water partition coefficient (Wildman–Crippen LogP) is 3.36. The summed E-state index contributed by atoms with van der Waals surface area (Å²) in [6.07, 6.45) is 4.65. The molecule has 0 atom stereocenters. The second-order valence-corrected chi connectivity index (χ2v) is 7.03. The van der Waals surface area contributed by atoms with Crippen LogP contribution in [0.15, 0.2) is 48.8 Å². The smallest absolute Gasteiger partial charge is 0.235 e. The number of anilines is 1. The SMILES string of the molecule is CCCCS(=O)(=O)N(Cc1cccnc1)c1ccc(F)cc1. The Hall–Kier alpha value is -1.95. The van der Waals surface area contributed by atoms with Gasteiger partial charge in [-0.05, 0) is 42.3 Å². The summed E-state index contributed by atoms with van der Waals surface area (Å²) in [5.41, 5.74) is 1.24. The molecule has 4 nitrogen and oxygen atoms in total. The Morgan fingerprint density at radius 1 is 1.18 bits per heavy atom. The summed E-state index contributed by atoms with van der Waals surface area (Å²) in [5, 5.41) is 0. The molecule has 0 saturated heterocycles. The van der Waals surface area contributed by atoms with Crippen LogP contribution in [0.3, 0.4) is 0 Å². The molecule has 2 rings (SSSR count). The predicted molar refractivity (Wildman–Crippen MR) is 85.5 cm³/mol. The van der Waals surface area contributed by atoms with Gasteiger partial charge in [0.1, 0.15) is 5.82 Å². The van der Waals surface area contributed by atoms with Gasteiger partial charge < -0.3 is 0 Å². The maximum Gasteiger partial charge on any atom is 0.235 e. The quantitative estimate of drug-likeness (QED) is 0.785. The number of unbranched alkanes of at least 4 members (excludes halogenated alkanes) is 1. The van der Waals surface area contributed by atoms with Crippen molar-refractivity contribution in [2.24, 2.45) is 0 Å². The number of rotatable bonds is 7. The summed E-state index contributed by atoms with van der Waals surface area (Å²) >= 11 is 0. The summed E-state index contributed by atoms with van der Waals surface area (Å²) in [4.78, 5) is 4.01. The van der Waals surface area contributed by atoms with Crippen LogP contribution in [0.4, 0.5) is 10.1 Å². The molecule has 6 heteroatoms. The van der Waals surface area contributed by atoms with E-state index in [2.05, 4.69) is 4.98 Å². The first-order valence-corrected chi connectivity index (χ1v) is 8.79. The van der Waals surface area contributed by atoms with Gasteiger partial charge in [-0.1, -0.05) is 19.4 Å². The van der Waals surface area contributed by atoms with E-state index in [1.54, 1.807) is 18.5 Å². The highest BCUT2D eigenvalue weighted by Crippen LogP contribution is 2.22. The van der Waals surface area contributed by atoms with Gasteiger partial charge in [0.05, 0.1) is 18.0 Å². The van der Waals surface area contributed by atoms with Crippen LogP contribution in [0.25, 0.3) is 0 Å². The first-order valence-electron chi connectivity index (χ1n) is 7.18. The van der Waals surface area contributed by atoms with Crippen LogP contribution in [-0.2, 0) is 16.6 Å². The van der Waals surface area contributed by atoms with E-state index < -0.39 is 15.8 Å². The van der Waals surface area contributed by atoms with Gasteiger partial charge >= 0.3 is 0 Å². The topological polar surface area (TPSA) is 50.3 Å². The van der Waals surface area contributed by atoms with Gasteiger partial charge in [-0.15, -0.1) is 0 Å². The maximum absolute atomic E-state index is 13.1. The van der Waals surface area contributed by atoms with Gasteiger partial charge in [0.15, 0.2) is 0 Å². The summed E-state index contributed by atoms with van der Waals surface area (Å²) in [7, 11) is -3.47. The van der Waals surface area contributed by atoms with E-state index in [0.29, 0.717) is 12.1 Å². The highest BCUT2D eigenvalue weighted by molar-refractivity contribution is 7.92. The molecule has 0 bridgehead atoms. The number of sulfonamides is 1. The lowest BCUT2D eigenvalue weighted by molar-refractivity contribution is 0.586. The van der Waals surface area contributed by atoms with Gasteiger partial charge in [-0.3, -0.25) is 9.29 Å². The average molecular weight is 322 g/mol. The first kappa shape index (κ1) is 16.4. The molecule has 22 heavy (non-hydrogen) atoms. The minimum absolute atomic E-state index is 0.0706. The van der Waals surface area contributed by atoms with E-state index in [9.17, 15) is 12.8 Å². The fourth-order valence-electron chi connectivity index (χ4n) is 2.05. The van der Waals surface area contributed by atoms with E-state index in [4.69, 9.17) is 0 Å². The molecule has 118 valence electrons. The van der Waals surface area contributed by atoms with Crippen LogP contribution in [0.2, 0.25) is 0 Å². The number of halogens is 1. The zero-order valence-electron chi connectivity index (χ0n) is 12.4. The fourth-order valence-corrected chi connectivity index (χ4v) is 3.71. The van der Waals surface area contributed by atoms with Crippen molar-refractivity contribution >= 4 is 15.7 Å². The number of benzene rings is 1. The van der Waals surface area contributed by atoms with Crippen LogP contribution in [-0.4, -0.2) is 19.2 Å². The average Bonchev–Trinajstić information content (AvgIpc) is 2.53. The molecule has 0 saturated carbocycles. The Morgan fingerprint density at radius 2 is 1.91 bits per heavy atom. The summed E-state index contributed by atoms with van der Waals surface area (Å²) < 4.78 is 39.6. The molecule has 0 fully saturated rings. The molecule has 0 radical (unpaired) electrons. The molecule has 1 aromatic heterocycles. The lowest BCUT2D eigenvalue weighted by Crippen LogP contribution is -2.32. The van der Waals surface area contributed by atoms with Crippen molar-refractivity contribution in [2.45, 2.75) is 26.3 Å². The second kappa shape index (κ2) is 7.35. The summed E-state index contributed by atoms with van der Waals surface area (Å²) in [5.74, 6) is -0.322. The molecule has 2 aromatic rings. The third-order valence-corrected chi connectivity index (χ3v) is 5.07.